The van der Waals surface area contributed by atoms with Crippen molar-refractivity contribution in [2.24, 2.45) is 0 Å². The predicted molar refractivity (Wildman–Crippen MR) is 105 cm³/mol. The molecule has 1 aromatic carbocycles. The van der Waals surface area contributed by atoms with Gasteiger partial charge in [-0.15, -0.1) is 0 Å². The van der Waals surface area contributed by atoms with Crippen molar-refractivity contribution in [1.29, 1.82) is 0 Å². The van der Waals surface area contributed by atoms with Gasteiger partial charge in [0.15, 0.2) is 0 Å². The Morgan fingerprint density at radius 2 is 1.85 bits per heavy atom. The number of ether oxygens (including phenoxy) is 1. The summed E-state index contributed by atoms with van der Waals surface area (Å²) in [6.07, 6.45) is 1.39. The van der Waals surface area contributed by atoms with Gasteiger partial charge in [-0.2, -0.15) is 0 Å². The highest BCUT2D eigenvalue weighted by atomic mass is 35.5. The van der Waals surface area contributed by atoms with Crippen LogP contribution in [0.3, 0.4) is 0 Å². The molecule has 2 amide bonds. The quantitative estimate of drug-likeness (QED) is 0.784. The Kier molecular flexibility index (Phi) is 6.70. The van der Waals surface area contributed by atoms with Crippen molar-refractivity contribution in [3.63, 3.8) is 0 Å². The summed E-state index contributed by atoms with van der Waals surface area (Å²) >= 11 is 6.08. The molecule has 27 heavy (non-hydrogen) atoms. The molecule has 2 N–H and O–H groups in total. The molecule has 0 unspecified atom stereocenters. The Labute approximate surface area is 165 Å². The molecule has 0 spiro atoms. The smallest absolute Gasteiger partial charge is 0.254 e. The first-order valence-electron chi connectivity index (χ1n) is 9.36. The van der Waals surface area contributed by atoms with Gasteiger partial charge in [0, 0.05) is 33.3 Å². The number of amides is 2. The van der Waals surface area contributed by atoms with Gasteiger partial charge >= 0.3 is 0 Å². The van der Waals surface area contributed by atoms with E-state index in [9.17, 15) is 9.59 Å². The molecule has 0 saturated carbocycles. The van der Waals surface area contributed by atoms with Crippen LogP contribution < -0.4 is 10.6 Å². The van der Waals surface area contributed by atoms with Crippen LogP contribution in [0.4, 0.5) is 5.69 Å². The molecule has 2 aliphatic rings. The molecule has 0 radical (unpaired) electrons. The molecule has 0 aromatic heterocycles. The number of carbonyl (C=O) groups excluding carboxylic acids is 2. The maximum atomic E-state index is 13.0. The molecule has 0 atom stereocenters. The molecule has 1 aromatic rings. The number of piperidine rings is 1. The number of hydrogen-bond donors (Lipinski definition) is 2. The molecule has 0 aliphatic carbocycles. The fourth-order valence-electron chi connectivity index (χ4n) is 3.69. The number of benzene rings is 1. The number of hydrogen-bond acceptors (Lipinski definition) is 5. The van der Waals surface area contributed by atoms with E-state index in [2.05, 4.69) is 15.5 Å². The first-order chi connectivity index (χ1) is 13.0. The van der Waals surface area contributed by atoms with E-state index in [-0.39, 0.29) is 18.4 Å². The number of anilines is 1. The fraction of sp³-hybridized carbons (Fsp3) is 0.579. The number of carbonyl (C=O) groups is 2. The van der Waals surface area contributed by atoms with Crippen LogP contribution in [0.2, 0.25) is 5.02 Å². The van der Waals surface area contributed by atoms with Gasteiger partial charge in [0.25, 0.3) is 5.91 Å². The number of piperazine rings is 1. The largest absolute Gasteiger partial charge is 0.368 e. The second-order valence-corrected chi connectivity index (χ2v) is 7.45. The summed E-state index contributed by atoms with van der Waals surface area (Å²) in [6.45, 7) is 4.42. The Morgan fingerprint density at radius 3 is 2.48 bits per heavy atom. The summed E-state index contributed by atoms with van der Waals surface area (Å²) in [5.74, 6) is -0.0266. The van der Waals surface area contributed by atoms with Gasteiger partial charge in [-0.05, 0) is 38.1 Å². The van der Waals surface area contributed by atoms with Gasteiger partial charge in [-0.25, -0.2) is 0 Å². The highest BCUT2D eigenvalue weighted by Crippen LogP contribution is 2.26. The third-order valence-corrected chi connectivity index (χ3v) is 5.70. The lowest BCUT2D eigenvalue weighted by atomic mass is 9.90. The molecule has 2 saturated heterocycles. The van der Waals surface area contributed by atoms with Crippen molar-refractivity contribution < 1.29 is 14.3 Å². The van der Waals surface area contributed by atoms with Crippen LogP contribution in [-0.4, -0.2) is 80.1 Å². The van der Waals surface area contributed by atoms with Crippen LogP contribution in [0.25, 0.3) is 0 Å². The monoisotopic (exact) mass is 394 g/mol. The van der Waals surface area contributed by atoms with Gasteiger partial charge in [-0.3, -0.25) is 14.5 Å². The van der Waals surface area contributed by atoms with Crippen LogP contribution in [0.1, 0.15) is 12.8 Å². The minimum atomic E-state index is -0.700. The molecule has 7 nitrogen and oxygen atoms in total. The molecule has 8 heteroatoms. The second-order valence-electron chi connectivity index (χ2n) is 7.04. The van der Waals surface area contributed by atoms with Gasteiger partial charge in [0.05, 0.1) is 17.3 Å². The van der Waals surface area contributed by atoms with Crippen LogP contribution in [0.5, 0.6) is 0 Å². The van der Waals surface area contributed by atoms with Crippen LogP contribution >= 0.6 is 11.6 Å². The summed E-state index contributed by atoms with van der Waals surface area (Å²) in [4.78, 5) is 29.2. The van der Waals surface area contributed by atoms with Gasteiger partial charge in [-0.1, -0.05) is 23.7 Å². The normalized spacial score (nSPS) is 20.3. The zero-order chi connectivity index (χ0) is 19.3. The molecule has 0 bridgehead atoms. The van der Waals surface area contributed by atoms with Gasteiger partial charge < -0.3 is 20.3 Å². The minimum absolute atomic E-state index is 0.0756. The van der Waals surface area contributed by atoms with E-state index in [1.807, 2.05) is 17.0 Å². The van der Waals surface area contributed by atoms with Crippen molar-refractivity contribution in [1.82, 2.24) is 15.1 Å². The lowest BCUT2D eigenvalue weighted by molar-refractivity contribution is -0.160. The Hall–Kier alpha value is -1.67. The zero-order valence-corrected chi connectivity index (χ0v) is 16.4. The van der Waals surface area contributed by atoms with E-state index in [1.165, 1.54) is 0 Å². The molecule has 2 aliphatic heterocycles. The first-order valence-corrected chi connectivity index (χ1v) is 9.74. The highest BCUT2D eigenvalue weighted by Gasteiger charge is 2.43. The number of nitrogens with zero attached hydrogens (tertiary/aromatic N) is 2. The van der Waals surface area contributed by atoms with Crippen molar-refractivity contribution in [2.75, 3.05) is 58.2 Å². The molecule has 2 fully saturated rings. The maximum Gasteiger partial charge on any atom is 0.254 e. The van der Waals surface area contributed by atoms with Crippen molar-refractivity contribution in [3.8, 4) is 0 Å². The summed E-state index contributed by atoms with van der Waals surface area (Å²) < 4.78 is 5.64. The van der Waals surface area contributed by atoms with Crippen molar-refractivity contribution in [2.45, 2.75) is 18.4 Å². The van der Waals surface area contributed by atoms with E-state index in [0.717, 1.165) is 13.1 Å². The van der Waals surface area contributed by atoms with Crippen molar-refractivity contribution in [3.05, 3.63) is 29.3 Å². The van der Waals surface area contributed by atoms with E-state index in [0.29, 0.717) is 49.7 Å². The van der Waals surface area contributed by atoms with Crippen LogP contribution in [-0.2, 0) is 14.3 Å². The summed E-state index contributed by atoms with van der Waals surface area (Å²) in [7, 11) is 1.62. The van der Waals surface area contributed by atoms with E-state index in [4.69, 9.17) is 16.3 Å². The SMILES string of the molecule is COC1(C(=O)N2CCN(CC(=O)Nc3ccccc3Cl)CC2)CCNCC1. The average Bonchev–Trinajstić information content (AvgIpc) is 2.70. The third-order valence-electron chi connectivity index (χ3n) is 5.37. The van der Waals surface area contributed by atoms with Gasteiger partial charge in [0.2, 0.25) is 5.91 Å². The van der Waals surface area contributed by atoms with Gasteiger partial charge in [0.1, 0.15) is 5.60 Å². The molecule has 2 heterocycles. The van der Waals surface area contributed by atoms with E-state index >= 15 is 0 Å². The lowest BCUT2D eigenvalue weighted by Gasteiger charge is -2.42. The number of halogens is 1. The predicted octanol–water partition coefficient (Wildman–Crippen LogP) is 1.19. The number of rotatable bonds is 5. The molecular weight excluding hydrogens is 368 g/mol. The van der Waals surface area contributed by atoms with Crippen LogP contribution in [0, 0.1) is 0 Å². The number of nitrogens with one attached hydrogen (secondary N) is 2. The summed E-state index contributed by atoms with van der Waals surface area (Å²) in [5, 5.41) is 6.63. The molecule has 148 valence electrons. The minimum Gasteiger partial charge on any atom is -0.368 e. The lowest BCUT2D eigenvalue weighted by Crippen LogP contribution is -2.59. The Bertz CT molecular complexity index is 671. The number of methoxy groups -OCH3 is 1. The van der Waals surface area contributed by atoms with E-state index in [1.54, 1.807) is 19.2 Å². The average molecular weight is 395 g/mol. The zero-order valence-electron chi connectivity index (χ0n) is 15.7. The topological polar surface area (TPSA) is 73.9 Å². The number of para-hydroxylation sites is 1. The Balaban J connectivity index is 1.49. The standard InChI is InChI=1S/C19H27ClN4O3/c1-27-19(6-8-21-9-7-19)18(26)24-12-10-23(11-13-24)14-17(25)22-16-5-3-2-4-15(16)20/h2-5,21H,6-14H2,1H3,(H,22,25). The molecular formula is C19H27ClN4O3. The van der Waals surface area contributed by atoms with Crippen molar-refractivity contribution >= 4 is 29.1 Å². The fourth-order valence-corrected chi connectivity index (χ4v) is 3.87. The van der Waals surface area contributed by atoms with E-state index < -0.39 is 5.60 Å². The summed E-state index contributed by atoms with van der Waals surface area (Å²) in [5.41, 5.74) is -0.0830. The maximum absolute atomic E-state index is 13.0. The van der Waals surface area contributed by atoms with Crippen LogP contribution in [0.15, 0.2) is 24.3 Å². The first kappa shape index (κ1) is 20.1. The Morgan fingerprint density at radius 1 is 1.19 bits per heavy atom. The third kappa shape index (κ3) is 4.79. The highest BCUT2D eigenvalue weighted by molar-refractivity contribution is 6.33. The summed E-state index contributed by atoms with van der Waals surface area (Å²) in [6, 6.07) is 7.18. The second kappa shape index (κ2) is 9.01. The molecule has 3 rings (SSSR count).